The maximum absolute atomic E-state index is 11.1. The minimum atomic E-state index is -0.564. The van der Waals surface area contributed by atoms with Crippen molar-refractivity contribution in [2.75, 3.05) is 13.0 Å². The van der Waals surface area contributed by atoms with Gasteiger partial charge in [-0.15, -0.1) is 0 Å². The summed E-state index contributed by atoms with van der Waals surface area (Å²) in [6.45, 7) is 4.87. The fourth-order valence-corrected chi connectivity index (χ4v) is 0.572. The van der Waals surface area contributed by atoms with E-state index in [1.54, 1.807) is 27.0 Å². The van der Waals surface area contributed by atoms with E-state index in [0.29, 0.717) is 0 Å². The number of carbonyl (C=O) groups excluding carboxylic acids is 2. The van der Waals surface area contributed by atoms with Crippen LogP contribution >= 0.6 is 11.8 Å². The van der Waals surface area contributed by atoms with Crippen molar-refractivity contribution >= 4 is 23.0 Å². The van der Waals surface area contributed by atoms with Gasteiger partial charge >= 0.3 is 11.3 Å². The Kier molecular flexibility index (Phi) is 4.83. The third-order valence-electron chi connectivity index (χ3n) is 1.15. The molecule has 0 aliphatic carbocycles. The average Bonchev–Trinajstić information content (AvgIpc) is 2.02. The summed E-state index contributed by atoms with van der Waals surface area (Å²) in [5.74, 6) is -0.388. The highest BCUT2D eigenvalue weighted by atomic mass is 32.2. The number of thioether (sulfide) groups is 1. The lowest BCUT2D eigenvalue weighted by Crippen LogP contribution is -2.24. The summed E-state index contributed by atoms with van der Waals surface area (Å²) in [6.07, 6.45) is 1.59. The third-order valence-corrected chi connectivity index (χ3v) is 1.60. The van der Waals surface area contributed by atoms with Crippen LogP contribution < -0.4 is 0 Å². The van der Waals surface area contributed by atoms with Crippen molar-refractivity contribution < 1.29 is 19.1 Å². The van der Waals surface area contributed by atoms with Crippen LogP contribution in [0.25, 0.3) is 0 Å². The molecule has 0 amide bonds. The van der Waals surface area contributed by atoms with Crippen LogP contribution in [0.1, 0.15) is 20.8 Å². The monoisotopic (exact) mass is 206 g/mol. The number of ether oxygens (including phenoxy) is 2. The fraction of sp³-hybridized carbons (Fsp3) is 0.750. The second kappa shape index (κ2) is 5.11. The first-order valence-corrected chi connectivity index (χ1v) is 4.98. The molecule has 0 radical (unpaired) electrons. The van der Waals surface area contributed by atoms with Gasteiger partial charge in [0.15, 0.2) is 0 Å². The molecular formula is C8H14O4S. The largest absolute Gasteiger partial charge is 0.427 e. The SMILES string of the molecule is CSC(=O)OCOC(=O)C(C)(C)C. The highest BCUT2D eigenvalue weighted by Gasteiger charge is 2.23. The maximum atomic E-state index is 11.1. The molecule has 4 nitrogen and oxygen atoms in total. The Balaban J connectivity index is 3.67. The van der Waals surface area contributed by atoms with Crippen molar-refractivity contribution in [2.24, 2.45) is 5.41 Å². The molecule has 0 saturated carbocycles. The van der Waals surface area contributed by atoms with E-state index in [-0.39, 0.29) is 12.8 Å². The fourth-order valence-electron chi connectivity index (χ4n) is 0.407. The van der Waals surface area contributed by atoms with E-state index in [4.69, 9.17) is 0 Å². The summed E-state index contributed by atoms with van der Waals surface area (Å²) in [7, 11) is 0. The lowest BCUT2D eigenvalue weighted by Gasteiger charge is -2.15. The molecule has 0 aromatic rings. The minimum Gasteiger partial charge on any atom is -0.427 e. The van der Waals surface area contributed by atoms with Crippen molar-refractivity contribution in [2.45, 2.75) is 20.8 Å². The number of rotatable bonds is 2. The van der Waals surface area contributed by atoms with Crippen LogP contribution in [0, 0.1) is 5.41 Å². The number of carbonyl (C=O) groups is 2. The topological polar surface area (TPSA) is 52.6 Å². The molecule has 0 aromatic heterocycles. The van der Waals surface area contributed by atoms with Crippen LogP contribution in [0.2, 0.25) is 0 Å². The summed E-state index contributed by atoms with van der Waals surface area (Å²) < 4.78 is 9.22. The molecule has 0 aromatic carbocycles. The van der Waals surface area contributed by atoms with E-state index in [0.717, 1.165) is 11.8 Å². The minimum absolute atomic E-state index is 0.310. The molecule has 13 heavy (non-hydrogen) atoms. The molecule has 76 valence electrons. The molecule has 0 N–H and O–H groups in total. The normalized spacial score (nSPS) is 10.8. The molecule has 0 heterocycles. The molecule has 0 spiro atoms. The van der Waals surface area contributed by atoms with Crippen LogP contribution in [0.3, 0.4) is 0 Å². The van der Waals surface area contributed by atoms with Gasteiger partial charge in [0, 0.05) is 0 Å². The van der Waals surface area contributed by atoms with E-state index in [2.05, 4.69) is 9.47 Å². The van der Waals surface area contributed by atoms with Gasteiger partial charge in [0.2, 0.25) is 6.79 Å². The Morgan fingerprint density at radius 2 is 1.77 bits per heavy atom. The zero-order chi connectivity index (χ0) is 10.5. The van der Waals surface area contributed by atoms with Crippen LogP contribution in [0.5, 0.6) is 0 Å². The van der Waals surface area contributed by atoms with Crippen LogP contribution in [-0.4, -0.2) is 24.3 Å². The van der Waals surface area contributed by atoms with Gasteiger partial charge in [-0.05, 0) is 38.8 Å². The molecule has 0 rings (SSSR count). The number of hydrogen-bond donors (Lipinski definition) is 0. The summed E-state index contributed by atoms with van der Waals surface area (Å²) in [5.41, 5.74) is -0.564. The van der Waals surface area contributed by atoms with Crippen molar-refractivity contribution in [1.29, 1.82) is 0 Å². The summed E-state index contributed by atoms with van der Waals surface area (Å²) in [6, 6.07) is 0. The predicted octanol–water partition coefficient (Wildman–Crippen LogP) is 2.03. The van der Waals surface area contributed by atoms with E-state index in [9.17, 15) is 9.59 Å². The van der Waals surface area contributed by atoms with Crippen molar-refractivity contribution in [3.8, 4) is 0 Å². The molecular weight excluding hydrogens is 192 g/mol. The first-order valence-electron chi connectivity index (χ1n) is 3.76. The van der Waals surface area contributed by atoms with Gasteiger partial charge in [0.05, 0.1) is 5.41 Å². The van der Waals surface area contributed by atoms with Crippen molar-refractivity contribution in [1.82, 2.24) is 0 Å². The van der Waals surface area contributed by atoms with E-state index in [1.165, 1.54) is 0 Å². The predicted molar refractivity (Wildman–Crippen MR) is 50.4 cm³/mol. The summed E-state index contributed by atoms with van der Waals surface area (Å²) >= 11 is 0.932. The van der Waals surface area contributed by atoms with Gasteiger partial charge in [-0.2, -0.15) is 0 Å². The molecule has 0 saturated heterocycles. The van der Waals surface area contributed by atoms with Gasteiger partial charge < -0.3 is 9.47 Å². The summed E-state index contributed by atoms with van der Waals surface area (Å²) in [5, 5.41) is -0.457. The molecule has 0 unspecified atom stereocenters. The maximum Gasteiger partial charge on any atom is 0.369 e. The van der Waals surface area contributed by atoms with Gasteiger partial charge in [-0.1, -0.05) is 0 Å². The number of esters is 1. The standard InChI is InChI=1S/C8H14O4S/c1-8(2,3)6(9)11-5-12-7(10)13-4/h5H2,1-4H3. The highest BCUT2D eigenvalue weighted by molar-refractivity contribution is 8.12. The van der Waals surface area contributed by atoms with Gasteiger partial charge in [0.25, 0.3) is 0 Å². The first-order chi connectivity index (χ1) is 5.88. The second-order valence-corrected chi connectivity index (χ2v) is 4.14. The summed E-state index contributed by atoms with van der Waals surface area (Å²) in [4.78, 5) is 21.7. The van der Waals surface area contributed by atoms with E-state index in [1.807, 2.05) is 0 Å². The van der Waals surface area contributed by atoms with Crippen molar-refractivity contribution in [3.63, 3.8) is 0 Å². The second-order valence-electron chi connectivity index (χ2n) is 3.40. The van der Waals surface area contributed by atoms with Crippen LogP contribution in [-0.2, 0) is 14.3 Å². The lowest BCUT2D eigenvalue weighted by atomic mass is 9.98. The van der Waals surface area contributed by atoms with Crippen LogP contribution in [0.4, 0.5) is 4.79 Å². The zero-order valence-corrected chi connectivity index (χ0v) is 9.06. The highest BCUT2D eigenvalue weighted by Crippen LogP contribution is 2.15. The quantitative estimate of drug-likeness (QED) is 0.511. The van der Waals surface area contributed by atoms with E-state index < -0.39 is 10.7 Å². The van der Waals surface area contributed by atoms with Gasteiger partial charge in [-0.25, -0.2) is 4.79 Å². The van der Waals surface area contributed by atoms with Gasteiger partial charge in [0.1, 0.15) is 0 Å². The zero-order valence-electron chi connectivity index (χ0n) is 8.25. The Morgan fingerprint density at radius 1 is 1.23 bits per heavy atom. The first kappa shape index (κ1) is 12.3. The average molecular weight is 206 g/mol. The molecule has 0 aliphatic rings. The Hall–Kier alpha value is -0.710. The molecule has 0 fully saturated rings. The third kappa shape index (κ3) is 5.52. The number of hydrogen-bond acceptors (Lipinski definition) is 5. The smallest absolute Gasteiger partial charge is 0.369 e. The lowest BCUT2D eigenvalue weighted by molar-refractivity contribution is -0.160. The Bertz CT molecular complexity index is 195. The Labute approximate surface area is 82.0 Å². The molecule has 0 aliphatic heterocycles. The molecule has 0 atom stereocenters. The molecule has 0 bridgehead atoms. The van der Waals surface area contributed by atoms with Crippen LogP contribution in [0.15, 0.2) is 0 Å². The van der Waals surface area contributed by atoms with Gasteiger partial charge in [-0.3, -0.25) is 4.79 Å². The Morgan fingerprint density at radius 3 is 2.15 bits per heavy atom. The van der Waals surface area contributed by atoms with E-state index >= 15 is 0 Å². The molecule has 5 heteroatoms. The van der Waals surface area contributed by atoms with Crippen molar-refractivity contribution in [3.05, 3.63) is 0 Å².